The predicted molar refractivity (Wildman–Crippen MR) is 255 cm³/mol. The van der Waals surface area contributed by atoms with Crippen molar-refractivity contribution in [1.29, 1.82) is 0 Å². The Morgan fingerprint density at radius 3 is 1.85 bits per heavy atom. The number of phenolic OH excluding ortho intramolecular Hbond substituents is 1. The number of nitrogens with zero attached hydrogens (tertiary/aromatic N) is 3. The minimum atomic E-state index is -2.17. The van der Waals surface area contributed by atoms with Crippen LogP contribution in [0, 0.1) is 6.85 Å². The van der Waals surface area contributed by atoms with E-state index in [1.807, 2.05) is 54.6 Å². The summed E-state index contributed by atoms with van der Waals surface area (Å²) in [6, 6.07) is 57.3. The molecule has 0 aliphatic carbocycles. The van der Waals surface area contributed by atoms with Crippen LogP contribution in [-0.2, 0) is 10.8 Å². The van der Waals surface area contributed by atoms with Gasteiger partial charge in [-0.15, -0.1) is 0 Å². The van der Waals surface area contributed by atoms with Crippen LogP contribution in [0.3, 0.4) is 0 Å². The Bertz CT molecular complexity index is 3150. The first-order valence-electron chi connectivity index (χ1n) is 22.4. The number of imidazole rings is 1. The van der Waals surface area contributed by atoms with E-state index in [0.29, 0.717) is 17.0 Å². The average molecular weight is 797 g/mol. The molecule has 4 nitrogen and oxygen atoms in total. The number of pyridine rings is 1. The molecule has 0 saturated carbocycles. The second-order valence-electron chi connectivity index (χ2n) is 17.9. The lowest BCUT2D eigenvalue weighted by atomic mass is 9.84. The number of rotatable bonds is 7. The lowest BCUT2D eigenvalue weighted by Gasteiger charge is -2.24. The normalized spacial score (nSPS) is 12.9. The van der Waals surface area contributed by atoms with E-state index in [0.717, 1.165) is 72.5 Å². The lowest BCUT2D eigenvalue weighted by Crippen LogP contribution is -2.13. The van der Waals surface area contributed by atoms with E-state index in [9.17, 15) is 5.11 Å². The van der Waals surface area contributed by atoms with Crippen molar-refractivity contribution >= 4 is 11.0 Å². The summed E-state index contributed by atoms with van der Waals surface area (Å²) < 4.78 is 25.8. The Morgan fingerprint density at radius 1 is 0.492 bits per heavy atom. The molecule has 0 unspecified atom stereocenters. The highest BCUT2D eigenvalue weighted by Crippen LogP contribution is 2.43. The third-order valence-electron chi connectivity index (χ3n) is 11.6. The van der Waals surface area contributed by atoms with Gasteiger partial charge < -0.3 is 5.11 Å². The van der Waals surface area contributed by atoms with Gasteiger partial charge in [0.2, 0.25) is 0 Å². The van der Waals surface area contributed by atoms with Crippen LogP contribution in [-0.4, -0.2) is 19.6 Å². The molecule has 0 saturated heterocycles. The number of para-hydroxylation sites is 2. The molecule has 9 rings (SSSR count). The number of aromatic hydroxyl groups is 1. The lowest BCUT2D eigenvalue weighted by molar-refractivity contribution is 0.477. The molecule has 0 atom stereocenters. The minimum absolute atomic E-state index is 0.0121. The van der Waals surface area contributed by atoms with Crippen LogP contribution < -0.4 is 0 Å². The molecule has 2 aromatic heterocycles. The van der Waals surface area contributed by atoms with Gasteiger partial charge in [0.25, 0.3) is 0 Å². The number of hydrogen-bond donors (Lipinski definition) is 1. The van der Waals surface area contributed by atoms with E-state index >= 15 is 0 Å². The summed E-state index contributed by atoms with van der Waals surface area (Å²) in [4.78, 5) is 10.4. The fourth-order valence-corrected chi connectivity index (χ4v) is 8.16. The molecule has 7 aromatic carbocycles. The number of aromatic nitrogens is 3. The number of fused-ring (bicyclic) bond motifs is 1. The van der Waals surface area contributed by atoms with Gasteiger partial charge in [-0.3, -0.25) is 9.55 Å². The van der Waals surface area contributed by atoms with E-state index < -0.39 is 6.85 Å². The van der Waals surface area contributed by atoms with Crippen LogP contribution in [0.2, 0.25) is 0 Å². The van der Waals surface area contributed by atoms with Gasteiger partial charge in [-0.2, -0.15) is 0 Å². The van der Waals surface area contributed by atoms with Gasteiger partial charge in [0.05, 0.1) is 28.0 Å². The highest BCUT2D eigenvalue weighted by molar-refractivity contribution is 5.98. The molecule has 2 heterocycles. The molecule has 0 spiro atoms. The molecule has 0 amide bonds. The molecule has 1 N–H and O–H groups in total. The predicted octanol–water partition coefficient (Wildman–Crippen LogP) is 15.0. The summed E-state index contributed by atoms with van der Waals surface area (Å²) in [6.07, 6.45) is 1.80. The quantitative estimate of drug-likeness (QED) is 0.175. The summed E-state index contributed by atoms with van der Waals surface area (Å²) in [6.45, 7) is 11.2. The van der Waals surface area contributed by atoms with Crippen molar-refractivity contribution in [1.82, 2.24) is 14.5 Å². The highest BCUT2D eigenvalue weighted by atomic mass is 16.3. The van der Waals surface area contributed by atoms with E-state index in [1.165, 1.54) is 11.1 Å². The summed E-state index contributed by atoms with van der Waals surface area (Å²) in [5.74, 6) is 0.786. The topological polar surface area (TPSA) is 50.9 Å². The number of aryl methyl sites for hydroxylation is 1. The molecular weight excluding hydrogens is 743 g/mol. The highest BCUT2D eigenvalue weighted by Gasteiger charge is 2.25. The summed E-state index contributed by atoms with van der Waals surface area (Å²) >= 11 is 0. The Kier molecular flexibility index (Phi) is 9.13. The largest absolute Gasteiger partial charge is 0.507 e. The number of phenols is 1. The molecule has 0 aliphatic heterocycles. The summed E-state index contributed by atoms with van der Waals surface area (Å²) in [5, 5.41) is 11.5. The van der Waals surface area contributed by atoms with Crippen molar-refractivity contribution in [2.24, 2.45) is 0 Å². The summed E-state index contributed by atoms with van der Waals surface area (Å²) in [5.41, 5.74) is 15.6. The van der Waals surface area contributed by atoms with E-state index in [-0.39, 0.29) is 16.6 Å². The van der Waals surface area contributed by atoms with Gasteiger partial charge in [0, 0.05) is 27.0 Å². The first-order valence-corrected chi connectivity index (χ1v) is 20.9. The first-order chi connectivity index (χ1) is 30.5. The Labute approximate surface area is 364 Å². The molecule has 4 heteroatoms. The van der Waals surface area contributed by atoms with Crippen molar-refractivity contribution in [2.45, 2.75) is 59.2 Å². The Morgan fingerprint density at radius 2 is 1.13 bits per heavy atom. The standard InChI is InChI=1S/C57H51N3O/c1-37-20-22-39(23-21-37)41-30-31-58-50(35-41)44-33-42(38-14-9-8-10-15-38)32-43(34-44)48-17-13-18-51-54(48)59-55(49-16-11-12-19-53(49)61)60(51)52-36-46(57(5,6)7)28-29-47(52)40-24-26-45(27-25-40)56(2,3)4/h8-36,61H,1-7H3/i1D3. The van der Waals surface area contributed by atoms with Gasteiger partial charge in [0.1, 0.15) is 11.6 Å². The zero-order valence-electron chi connectivity index (χ0n) is 38.5. The minimum Gasteiger partial charge on any atom is -0.507 e. The molecule has 0 aliphatic rings. The maximum Gasteiger partial charge on any atom is 0.149 e. The van der Waals surface area contributed by atoms with Crippen LogP contribution in [0.5, 0.6) is 5.75 Å². The summed E-state index contributed by atoms with van der Waals surface area (Å²) in [7, 11) is 0. The van der Waals surface area contributed by atoms with Gasteiger partial charge in [-0.05, 0) is 117 Å². The number of hydrogen-bond acceptors (Lipinski definition) is 3. The zero-order valence-corrected chi connectivity index (χ0v) is 35.5. The Hall–Kier alpha value is -7.04. The third kappa shape index (κ3) is 7.78. The van der Waals surface area contributed by atoms with Gasteiger partial charge >= 0.3 is 0 Å². The van der Waals surface area contributed by atoms with Crippen molar-refractivity contribution < 1.29 is 9.22 Å². The number of benzene rings is 7. The molecule has 9 aromatic rings. The SMILES string of the molecule is [2H]C([2H])([2H])c1ccc(-c2ccnc(-c3cc(-c4ccccc4)cc(-c4cccc5c4nc(-c4ccccc4O)n5-c4cc(C(C)(C)C)ccc4-c4ccc(C(C)(C)C)cc4)c3)c2)cc1. The van der Waals surface area contributed by atoms with E-state index in [1.54, 1.807) is 24.4 Å². The molecule has 61 heavy (non-hydrogen) atoms. The van der Waals surface area contributed by atoms with Crippen molar-refractivity contribution in [3.05, 3.63) is 193 Å². The van der Waals surface area contributed by atoms with Crippen molar-refractivity contribution in [2.75, 3.05) is 0 Å². The monoisotopic (exact) mass is 796 g/mol. The van der Waals surface area contributed by atoms with Gasteiger partial charge in [0.15, 0.2) is 0 Å². The van der Waals surface area contributed by atoms with E-state index in [2.05, 4.69) is 143 Å². The second kappa shape index (κ2) is 15.5. The van der Waals surface area contributed by atoms with Crippen LogP contribution in [0.1, 0.15) is 62.3 Å². The Balaban J connectivity index is 1.28. The maximum absolute atomic E-state index is 11.5. The molecule has 0 fully saturated rings. The van der Waals surface area contributed by atoms with Crippen molar-refractivity contribution in [3.63, 3.8) is 0 Å². The van der Waals surface area contributed by atoms with E-state index in [4.69, 9.17) is 14.1 Å². The van der Waals surface area contributed by atoms with Gasteiger partial charge in [-0.25, -0.2) is 4.98 Å². The fraction of sp³-hybridized carbons (Fsp3) is 0.158. The first kappa shape index (κ1) is 35.9. The molecule has 0 radical (unpaired) electrons. The molecular formula is C57H51N3O. The van der Waals surface area contributed by atoms with Crippen molar-refractivity contribution in [3.8, 4) is 78.6 Å². The van der Waals surface area contributed by atoms with Gasteiger partial charge in [-0.1, -0.05) is 162 Å². The average Bonchev–Trinajstić information content (AvgIpc) is 3.68. The van der Waals surface area contributed by atoms with Crippen LogP contribution in [0.15, 0.2) is 176 Å². The zero-order chi connectivity index (χ0) is 45.0. The smallest absolute Gasteiger partial charge is 0.149 e. The second-order valence-corrected chi connectivity index (χ2v) is 17.9. The van der Waals surface area contributed by atoms with Crippen LogP contribution in [0.25, 0.3) is 83.9 Å². The van der Waals surface area contributed by atoms with Crippen LogP contribution in [0.4, 0.5) is 0 Å². The third-order valence-corrected chi connectivity index (χ3v) is 11.6. The molecule has 0 bridgehead atoms. The van der Waals surface area contributed by atoms with Crippen LogP contribution >= 0.6 is 0 Å². The molecule has 300 valence electrons. The maximum atomic E-state index is 11.5. The fourth-order valence-electron chi connectivity index (χ4n) is 8.16.